The molecule has 0 aliphatic heterocycles. The quantitative estimate of drug-likeness (QED) is 0.619. The molecular formula is C22H23NO2S. The fourth-order valence-electron chi connectivity index (χ4n) is 2.83. The van der Waals surface area contributed by atoms with E-state index in [1.807, 2.05) is 57.3 Å². The lowest BCUT2D eigenvalue weighted by molar-refractivity contribution is 0.103. The van der Waals surface area contributed by atoms with Gasteiger partial charge in [-0.3, -0.25) is 4.79 Å². The summed E-state index contributed by atoms with van der Waals surface area (Å²) in [5, 5.41) is 4.95. The number of nitrogens with one attached hydrogen (secondary N) is 1. The number of amides is 1. The van der Waals surface area contributed by atoms with Gasteiger partial charge in [0.15, 0.2) is 0 Å². The van der Waals surface area contributed by atoms with E-state index in [2.05, 4.69) is 23.5 Å². The van der Waals surface area contributed by atoms with Gasteiger partial charge in [0.05, 0.1) is 4.88 Å². The van der Waals surface area contributed by atoms with Crippen LogP contribution in [0.5, 0.6) is 5.75 Å². The summed E-state index contributed by atoms with van der Waals surface area (Å²) in [4.78, 5) is 13.2. The van der Waals surface area contributed by atoms with Crippen molar-refractivity contribution < 1.29 is 9.53 Å². The second-order valence-corrected chi connectivity index (χ2v) is 7.62. The lowest BCUT2D eigenvalue weighted by Crippen LogP contribution is -2.10. The van der Waals surface area contributed by atoms with Crippen LogP contribution in [0, 0.1) is 27.7 Å². The fraction of sp³-hybridized carbons (Fsp3) is 0.227. The minimum absolute atomic E-state index is 0.0852. The van der Waals surface area contributed by atoms with Gasteiger partial charge in [-0.05, 0) is 79.6 Å². The number of benzene rings is 2. The summed E-state index contributed by atoms with van der Waals surface area (Å²) in [5.74, 6) is 0.801. The number of carbonyl (C=O) groups excluding carboxylic acids is 1. The largest absolute Gasteiger partial charge is 0.489 e. The van der Waals surface area contributed by atoms with Gasteiger partial charge in [-0.15, -0.1) is 11.3 Å². The molecule has 3 aromatic rings. The maximum atomic E-state index is 12.5. The van der Waals surface area contributed by atoms with Gasteiger partial charge in [0.25, 0.3) is 5.91 Å². The average Bonchev–Trinajstić information content (AvgIpc) is 3.04. The number of carbonyl (C=O) groups is 1. The van der Waals surface area contributed by atoms with Crippen molar-refractivity contribution in [2.75, 3.05) is 5.32 Å². The van der Waals surface area contributed by atoms with Crippen LogP contribution in [0.3, 0.4) is 0 Å². The van der Waals surface area contributed by atoms with Gasteiger partial charge < -0.3 is 10.1 Å². The van der Waals surface area contributed by atoms with Crippen LogP contribution in [0.25, 0.3) is 0 Å². The SMILES string of the molecule is Cc1cc(C)cc(NC(=O)c2cc(COc3cc(C)ccc3C)cs2)c1. The predicted molar refractivity (Wildman–Crippen MR) is 108 cm³/mol. The minimum atomic E-state index is -0.0852. The maximum absolute atomic E-state index is 12.5. The molecule has 0 saturated carbocycles. The van der Waals surface area contributed by atoms with Crippen molar-refractivity contribution in [2.24, 2.45) is 0 Å². The van der Waals surface area contributed by atoms with Crippen molar-refractivity contribution in [3.05, 3.63) is 80.5 Å². The van der Waals surface area contributed by atoms with Crippen molar-refractivity contribution in [1.29, 1.82) is 0 Å². The standard InChI is InChI=1S/C22H23NO2S/c1-14-5-6-17(4)20(10-14)25-12-18-11-21(26-13-18)22(24)23-19-8-15(2)7-16(3)9-19/h5-11,13H,12H2,1-4H3,(H,23,24). The smallest absolute Gasteiger partial charge is 0.265 e. The molecule has 0 radical (unpaired) electrons. The molecule has 0 atom stereocenters. The van der Waals surface area contributed by atoms with E-state index in [0.29, 0.717) is 11.5 Å². The molecule has 4 heteroatoms. The van der Waals surface area contributed by atoms with E-state index in [1.54, 1.807) is 0 Å². The zero-order valence-electron chi connectivity index (χ0n) is 15.6. The molecule has 2 aromatic carbocycles. The van der Waals surface area contributed by atoms with E-state index in [0.717, 1.165) is 33.7 Å². The average molecular weight is 365 g/mol. The van der Waals surface area contributed by atoms with Crippen LogP contribution in [0.2, 0.25) is 0 Å². The third-order valence-corrected chi connectivity index (χ3v) is 5.07. The first-order valence-electron chi connectivity index (χ1n) is 8.58. The summed E-state index contributed by atoms with van der Waals surface area (Å²) < 4.78 is 5.92. The molecule has 3 rings (SSSR count). The van der Waals surface area contributed by atoms with Crippen LogP contribution < -0.4 is 10.1 Å². The summed E-state index contributed by atoms with van der Waals surface area (Å²) in [6.45, 7) is 8.59. The number of rotatable bonds is 5. The first kappa shape index (κ1) is 18.2. The Kier molecular flexibility index (Phi) is 5.43. The van der Waals surface area contributed by atoms with E-state index in [-0.39, 0.29) is 5.91 Å². The number of aryl methyl sites for hydroxylation is 4. The van der Waals surface area contributed by atoms with Crippen molar-refractivity contribution in [3.63, 3.8) is 0 Å². The van der Waals surface area contributed by atoms with Crippen molar-refractivity contribution in [1.82, 2.24) is 0 Å². The highest BCUT2D eigenvalue weighted by Crippen LogP contribution is 2.23. The van der Waals surface area contributed by atoms with E-state index in [9.17, 15) is 4.79 Å². The Morgan fingerprint density at radius 3 is 2.42 bits per heavy atom. The van der Waals surface area contributed by atoms with Gasteiger partial charge in [-0.25, -0.2) is 0 Å². The monoisotopic (exact) mass is 365 g/mol. The highest BCUT2D eigenvalue weighted by Gasteiger charge is 2.11. The highest BCUT2D eigenvalue weighted by molar-refractivity contribution is 7.12. The third-order valence-electron chi connectivity index (χ3n) is 4.10. The summed E-state index contributed by atoms with van der Waals surface area (Å²) in [6, 6.07) is 14.1. The first-order valence-corrected chi connectivity index (χ1v) is 9.46. The minimum Gasteiger partial charge on any atom is -0.489 e. The highest BCUT2D eigenvalue weighted by atomic mass is 32.1. The molecule has 0 saturated heterocycles. The molecule has 0 unspecified atom stereocenters. The van der Waals surface area contributed by atoms with E-state index >= 15 is 0 Å². The Morgan fingerprint density at radius 1 is 0.962 bits per heavy atom. The lowest BCUT2D eigenvalue weighted by atomic mass is 10.1. The normalized spacial score (nSPS) is 10.6. The van der Waals surface area contributed by atoms with Crippen molar-refractivity contribution in [3.8, 4) is 5.75 Å². The van der Waals surface area contributed by atoms with Crippen LogP contribution in [0.15, 0.2) is 47.8 Å². The second-order valence-electron chi connectivity index (χ2n) is 6.71. The van der Waals surface area contributed by atoms with Crippen molar-refractivity contribution in [2.45, 2.75) is 34.3 Å². The van der Waals surface area contributed by atoms with Crippen LogP contribution in [-0.4, -0.2) is 5.91 Å². The molecule has 0 bridgehead atoms. The molecule has 0 spiro atoms. The number of hydrogen-bond acceptors (Lipinski definition) is 3. The van der Waals surface area contributed by atoms with E-state index < -0.39 is 0 Å². The molecule has 1 heterocycles. The van der Waals surface area contributed by atoms with Crippen LogP contribution >= 0.6 is 11.3 Å². The number of hydrogen-bond donors (Lipinski definition) is 1. The second kappa shape index (κ2) is 7.75. The molecule has 1 aromatic heterocycles. The lowest BCUT2D eigenvalue weighted by Gasteiger charge is -2.09. The zero-order valence-corrected chi connectivity index (χ0v) is 16.4. The van der Waals surface area contributed by atoms with Gasteiger partial charge in [0.1, 0.15) is 12.4 Å². The number of ether oxygens (including phenoxy) is 1. The Morgan fingerprint density at radius 2 is 1.69 bits per heavy atom. The Bertz CT molecular complexity index is 923. The molecule has 3 nitrogen and oxygen atoms in total. The van der Waals surface area contributed by atoms with Crippen LogP contribution in [0.4, 0.5) is 5.69 Å². The van der Waals surface area contributed by atoms with Gasteiger partial charge >= 0.3 is 0 Å². The summed E-state index contributed by atoms with van der Waals surface area (Å²) in [5.41, 5.74) is 6.38. The molecule has 26 heavy (non-hydrogen) atoms. The van der Waals surface area contributed by atoms with E-state index in [1.165, 1.54) is 16.9 Å². The van der Waals surface area contributed by atoms with Crippen molar-refractivity contribution >= 4 is 22.9 Å². The topological polar surface area (TPSA) is 38.3 Å². The summed E-state index contributed by atoms with van der Waals surface area (Å²) >= 11 is 1.44. The Hall–Kier alpha value is -2.59. The van der Waals surface area contributed by atoms with Gasteiger partial charge in [-0.1, -0.05) is 18.2 Å². The van der Waals surface area contributed by atoms with E-state index in [4.69, 9.17) is 4.74 Å². The first-order chi connectivity index (χ1) is 12.4. The molecule has 134 valence electrons. The third kappa shape index (κ3) is 4.52. The van der Waals surface area contributed by atoms with Gasteiger partial charge in [-0.2, -0.15) is 0 Å². The summed E-state index contributed by atoms with van der Waals surface area (Å²) in [7, 11) is 0. The Balaban J connectivity index is 1.65. The van der Waals surface area contributed by atoms with Crippen LogP contribution in [0.1, 0.15) is 37.5 Å². The number of thiophene rings is 1. The molecule has 0 fully saturated rings. The fourth-order valence-corrected chi connectivity index (χ4v) is 3.63. The number of anilines is 1. The molecular weight excluding hydrogens is 342 g/mol. The Labute approximate surface area is 158 Å². The molecule has 0 aliphatic carbocycles. The predicted octanol–water partition coefficient (Wildman–Crippen LogP) is 5.81. The molecule has 0 aliphatic rings. The molecule has 1 amide bonds. The maximum Gasteiger partial charge on any atom is 0.265 e. The van der Waals surface area contributed by atoms with Gasteiger partial charge in [0, 0.05) is 11.3 Å². The summed E-state index contributed by atoms with van der Waals surface area (Å²) in [6.07, 6.45) is 0. The zero-order chi connectivity index (χ0) is 18.7. The molecule has 1 N–H and O–H groups in total. The van der Waals surface area contributed by atoms with Crippen LogP contribution in [-0.2, 0) is 6.61 Å². The van der Waals surface area contributed by atoms with Gasteiger partial charge in [0.2, 0.25) is 0 Å².